The maximum absolute atomic E-state index is 14.6. The van der Waals surface area contributed by atoms with Crippen molar-refractivity contribution in [1.82, 2.24) is 10.2 Å². The number of sulfonamides is 1. The van der Waals surface area contributed by atoms with Gasteiger partial charge in [0.05, 0.1) is 10.6 Å². The number of halogens is 2. The lowest BCUT2D eigenvalue weighted by molar-refractivity contribution is -0.140. The molecule has 48 heavy (non-hydrogen) atoms. The van der Waals surface area contributed by atoms with Gasteiger partial charge in [0.25, 0.3) is 10.0 Å². The van der Waals surface area contributed by atoms with Gasteiger partial charge in [-0.15, -0.1) is 0 Å². The average molecular weight is 739 g/mol. The first kappa shape index (κ1) is 34.9. The summed E-state index contributed by atoms with van der Waals surface area (Å²) < 4.78 is 55.6. The van der Waals surface area contributed by atoms with Gasteiger partial charge in [-0.05, 0) is 66.1 Å². The van der Waals surface area contributed by atoms with Crippen molar-refractivity contribution in [1.29, 1.82) is 0 Å². The standard InChI is InChI=1S/C36H37BrFN3O6S/c1-2-3-18-39-36(43)32(22-26-8-5-4-6-9-26)40(24-27-10-7-11-28(37)21-27)35(42)25-41(30-14-12-29(38)13-15-30)48(44,45)31-16-17-33-34(23-31)47-20-19-46-33/h4-17,21,23,32H,2-3,18-20,22,24-25H2,1H3,(H,39,43). The summed E-state index contributed by atoms with van der Waals surface area (Å²) in [6, 6.07) is 24.8. The van der Waals surface area contributed by atoms with E-state index in [-0.39, 0.29) is 41.8 Å². The van der Waals surface area contributed by atoms with Crippen molar-refractivity contribution in [2.75, 3.05) is 30.6 Å². The van der Waals surface area contributed by atoms with Crippen LogP contribution in [0.15, 0.2) is 106 Å². The summed E-state index contributed by atoms with van der Waals surface area (Å²) in [4.78, 5) is 29.7. The van der Waals surface area contributed by atoms with Crippen LogP contribution in [0.4, 0.5) is 10.1 Å². The Balaban J connectivity index is 1.56. The van der Waals surface area contributed by atoms with E-state index in [1.54, 1.807) is 0 Å². The molecule has 252 valence electrons. The van der Waals surface area contributed by atoms with Crippen LogP contribution in [0, 0.1) is 5.82 Å². The molecule has 0 spiro atoms. The van der Waals surface area contributed by atoms with Gasteiger partial charge in [-0.2, -0.15) is 0 Å². The fourth-order valence-corrected chi connectivity index (χ4v) is 7.22. The summed E-state index contributed by atoms with van der Waals surface area (Å²) in [5.41, 5.74) is 1.65. The predicted octanol–water partition coefficient (Wildman–Crippen LogP) is 6.11. The molecule has 0 radical (unpaired) electrons. The van der Waals surface area contributed by atoms with Crippen molar-refractivity contribution < 1.29 is 31.9 Å². The Morgan fingerprint density at radius 2 is 1.60 bits per heavy atom. The SMILES string of the molecule is CCCCNC(=O)C(Cc1ccccc1)N(Cc1cccc(Br)c1)C(=O)CN(c1ccc(F)cc1)S(=O)(=O)c1ccc2c(c1)OCCO2. The highest BCUT2D eigenvalue weighted by Crippen LogP contribution is 2.34. The van der Waals surface area contributed by atoms with E-state index in [0.29, 0.717) is 18.9 Å². The Bertz CT molecular complexity index is 1830. The van der Waals surface area contributed by atoms with Crippen LogP contribution in [0.5, 0.6) is 11.5 Å². The molecule has 1 aliphatic rings. The lowest BCUT2D eigenvalue weighted by Crippen LogP contribution is -2.53. The molecular formula is C36H37BrFN3O6S. The van der Waals surface area contributed by atoms with E-state index < -0.39 is 34.3 Å². The second kappa shape index (κ2) is 16.1. The summed E-state index contributed by atoms with van der Waals surface area (Å²) in [6.45, 7) is 2.40. The molecule has 9 nitrogen and oxygen atoms in total. The number of carbonyl (C=O) groups excluding carboxylic acids is 2. The van der Waals surface area contributed by atoms with E-state index in [1.807, 2.05) is 61.5 Å². The van der Waals surface area contributed by atoms with E-state index >= 15 is 0 Å². The molecule has 2 amide bonds. The minimum atomic E-state index is -4.41. The highest BCUT2D eigenvalue weighted by atomic mass is 79.9. The molecule has 0 aromatic heterocycles. The van der Waals surface area contributed by atoms with Crippen molar-refractivity contribution in [2.45, 2.75) is 43.7 Å². The first-order valence-electron chi connectivity index (χ1n) is 15.7. The first-order chi connectivity index (χ1) is 23.2. The number of unbranched alkanes of at least 4 members (excludes halogenated alkanes) is 1. The smallest absolute Gasteiger partial charge is 0.264 e. The fourth-order valence-electron chi connectivity index (χ4n) is 5.34. The van der Waals surface area contributed by atoms with E-state index in [0.717, 1.165) is 44.9 Å². The maximum Gasteiger partial charge on any atom is 0.264 e. The van der Waals surface area contributed by atoms with Crippen LogP contribution in [-0.4, -0.2) is 57.5 Å². The average Bonchev–Trinajstić information content (AvgIpc) is 3.09. The van der Waals surface area contributed by atoms with E-state index in [1.165, 1.54) is 35.2 Å². The van der Waals surface area contributed by atoms with Crippen LogP contribution in [0.1, 0.15) is 30.9 Å². The summed E-state index contributed by atoms with van der Waals surface area (Å²) >= 11 is 3.49. The van der Waals surface area contributed by atoms with Gasteiger partial charge in [0.1, 0.15) is 31.6 Å². The molecule has 4 aromatic rings. The van der Waals surface area contributed by atoms with Gasteiger partial charge in [-0.1, -0.05) is 71.7 Å². The quantitative estimate of drug-likeness (QED) is 0.157. The number of hydrogen-bond donors (Lipinski definition) is 1. The summed E-state index contributed by atoms with van der Waals surface area (Å²) in [5, 5.41) is 2.97. The molecular weight excluding hydrogens is 701 g/mol. The van der Waals surface area contributed by atoms with Crippen LogP contribution in [0.3, 0.4) is 0 Å². The number of carbonyl (C=O) groups is 2. The lowest BCUT2D eigenvalue weighted by Gasteiger charge is -2.34. The number of nitrogens with one attached hydrogen (secondary N) is 1. The van der Waals surface area contributed by atoms with E-state index in [4.69, 9.17) is 9.47 Å². The predicted molar refractivity (Wildman–Crippen MR) is 185 cm³/mol. The van der Waals surface area contributed by atoms with Crippen molar-refractivity contribution in [2.24, 2.45) is 0 Å². The molecule has 0 bridgehead atoms. The molecule has 0 saturated heterocycles. The molecule has 5 rings (SSSR count). The molecule has 1 atom stereocenters. The van der Waals surface area contributed by atoms with Gasteiger partial charge in [0, 0.05) is 30.0 Å². The largest absolute Gasteiger partial charge is 0.486 e. The molecule has 1 heterocycles. The zero-order valence-electron chi connectivity index (χ0n) is 26.5. The third-order valence-corrected chi connectivity index (χ3v) is 10.1. The monoisotopic (exact) mass is 737 g/mol. The van der Waals surface area contributed by atoms with Crippen LogP contribution in [0.2, 0.25) is 0 Å². The molecule has 1 unspecified atom stereocenters. The minimum Gasteiger partial charge on any atom is -0.486 e. The zero-order valence-corrected chi connectivity index (χ0v) is 28.9. The Morgan fingerprint density at radius 1 is 0.896 bits per heavy atom. The molecule has 0 aliphatic carbocycles. The van der Waals surface area contributed by atoms with Crippen LogP contribution in [-0.2, 0) is 32.6 Å². The third kappa shape index (κ3) is 8.73. The van der Waals surface area contributed by atoms with E-state index in [9.17, 15) is 22.4 Å². The molecule has 0 fully saturated rings. The van der Waals surface area contributed by atoms with Crippen LogP contribution in [0.25, 0.3) is 0 Å². The van der Waals surface area contributed by atoms with Gasteiger partial charge in [-0.25, -0.2) is 12.8 Å². The fraction of sp³-hybridized carbons (Fsp3) is 0.278. The topological polar surface area (TPSA) is 105 Å². The van der Waals surface area contributed by atoms with Crippen LogP contribution >= 0.6 is 15.9 Å². The normalized spacial score (nSPS) is 13.0. The maximum atomic E-state index is 14.6. The molecule has 4 aromatic carbocycles. The minimum absolute atomic E-state index is 0.0261. The highest BCUT2D eigenvalue weighted by molar-refractivity contribution is 9.10. The third-order valence-electron chi connectivity index (χ3n) is 7.84. The first-order valence-corrected chi connectivity index (χ1v) is 17.9. The lowest BCUT2D eigenvalue weighted by atomic mass is 10.0. The molecule has 12 heteroatoms. The number of amides is 2. The second-order valence-corrected chi connectivity index (χ2v) is 14.1. The van der Waals surface area contributed by atoms with Gasteiger partial charge >= 0.3 is 0 Å². The van der Waals surface area contributed by atoms with Gasteiger partial charge in [0.15, 0.2) is 11.5 Å². The number of hydrogen-bond acceptors (Lipinski definition) is 6. The molecule has 1 N–H and O–H groups in total. The number of anilines is 1. The van der Waals surface area contributed by atoms with E-state index in [2.05, 4.69) is 21.2 Å². The number of nitrogens with zero attached hydrogens (tertiary/aromatic N) is 2. The van der Waals surface area contributed by atoms with Gasteiger partial charge in [0.2, 0.25) is 11.8 Å². The van der Waals surface area contributed by atoms with Gasteiger partial charge in [-0.3, -0.25) is 13.9 Å². The molecule has 0 saturated carbocycles. The summed E-state index contributed by atoms with van der Waals surface area (Å²) in [7, 11) is -4.41. The second-order valence-electron chi connectivity index (χ2n) is 11.3. The van der Waals surface area contributed by atoms with Gasteiger partial charge < -0.3 is 19.7 Å². The summed E-state index contributed by atoms with van der Waals surface area (Å²) in [6.07, 6.45) is 1.83. The Hall–Kier alpha value is -4.42. The number of benzene rings is 4. The Morgan fingerprint density at radius 3 is 2.31 bits per heavy atom. The highest BCUT2D eigenvalue weighted by Gasteiger charge is 2.35. The Labute approximate surface area is 288 Å². The van der Waals surface area contributed by atoms with Crippen molar-refractivity contribution in [3.63, 3.8) is 0 Å². The van der Waals surface area contributed by atoms with Crippen molar-refractivity contribution in [3.05, 3.63) is 118 Å². The molecule has 1 aliphatic heterocycles. The van der Waals surface area contributed by atoms with Crippen molar-refractivity contribution >= 4 is 43.5 Å². The summed E-state index contributed by atoms with van der Waals surface area (Å²) in [5.74, 6) is -0.867. The Kier molecular flexibility index (Phi) is 11.7. The van der Waals surface area contributed by atoms with Crippen LogP contribution < -0.4 is 19.1 Å². The van der Waals surface area contributed by atoms with Crippen molar-refractivity contribution in [3.8, 4) is 11.5 Å². The zero-order chi connectivity index (χ0) is 34.1. The number of rotatable bonds is 14. The number of fused-ring (bicyclic) bond motifs is 1. The number of ether oxygens (including phenoxy) is 2.